The number of rotatable bonds is 8. The lowest BCUT2D eigenvalue weighted by atomic mass is 10.0. The first-order valence-corrected chi connectivity index (χ1v) is 12.0. The van der Waals surface area contributed by atoms with Crippen LogP contribution in [-0.2, 0) is 10.8 Å². The summed E-state index contributed by atoms with van der Waals surface area (Å²) >= 11 is 0. The highest BCUT2D eigenvalue weighted by Gasteiger charge is 2.42. The van der Waals surface area contributed by atoms with Gasteiger partial charge < -0.3 is 19.7 Å². The van der Waals surface area contributed by atoms with Crippen LogP contribution in [0.3, 0.4) is 0 Å². The SMILES string of the molecule is CF.CF.CO.Cc1cc(C(F)(F)N(F)F)cc(C)c1N(C)C(=O)c1cccc(N(CC=O)C(=O)c2ccccc2)c1. The molecule has 0 aliphatic rings. The Morgan fingerprint density at radius 2 is 1.31 bits per heavy atom. The minimum Gasteiger partial charge on any atom is -0.400 e. The molecule has 0 spiro atoms. The van der Waals surface area contributed by atoms with E-state index in [-0.39, 0.29) is 28.9 Å². The number of aldehydes is 1. The predicted octanol–water partition coefficient (Wildman–Crippen LogP) is 6.33. The Hall–Kier alpha value is -4.23. The van der Waals surface area contributed by atoms with Crippen molar-refractivity contribution < 1.29 is 46.0 Å². The number of aliphatic hydroxyl groups excluding tert-OH is 1. The second-order valence-corrected chi connectivity index (χ2v) is 8.10. The number of aliphatic hydroxyl groups is 1. The van der Waals surface area contributed by atoms with E-state index in [0.717, 1.165) is 19.2 Å². The first kappa shape index (κ1) is 37.8. The van der Waals surface area contributed by atoms with Crippen LogP contribution in [0.2, 0.25) is 0 Å². The average molecular weight is 602 g/mol. The molecule has 1 N–H and O–H groups in total. The molecule has 3 aromatic rings. The topological polar surface area (TPSA) is 81.2 Å². The van der Waals surface area contributed by atoms with E-state index in [9.17, 15) is 40.9 Å². The number of amides is 2. The molecule has 7 nitrogen and oxygen atoms in total. The van der Waals surface area contributed by atoms with Crippen molar-refractivity contribution in [3.8, 4) is 0 Å². The van der Waals surface area contributed by atoms with Gasteiger partial charge in [-0.05, 0) is 67.4 Å². The number of carbonyl (C=O) groups is 3. The maximum absolute atomic E-state index is 13.8. The van der Waals surface area contributed by atoms with Crippen molar-refractivity contribution in [3.63, 3.8) is 0 Å². The van der Waals surface area contributed by atoms with Crippen molar-refractivity contribution in [2.75, 3.05) is 44.9 Å². The Kier molecular flexibility index (Phi) is 16.4. The summed E-state index contributed by atoms with van der Waals surface area (Å²) in [5.41, 5.74) is 0.595. The van der Waals surface area contributed by atoms with E-state index in [1.807, 2.05) is 0 Å². The van der Waals surface area contributed by atoms with Crippen molar-refractivity contribution in [2.24, 2.45) is 0 Å². The third kappa shape index (κ3) is 9.14. The van der Waals surface area contributed by atoms with E-state index < -0.39 is 28.8 Å². The minimum atomic E-state index is -4.49. The van der Waals surface area contributed by atoms with E-state index in [2.05, 4.69) is 0 Å². The third-order valence-corrected chi connectivity index (χ3v) is 5.62. The van der Waals surface area contributed by atoms with Crippen LogP contribution >= 0.6 is 0 Å². The Bertz CT molecular complexity index is 1270. The fourth-order valence-corrected chi connectivity index (χ4v) is 3.97. The Labute approximate surface area is 240 Å². The number of hydrogen-bond donors (Lipinski definition) is 1. The summed E-state index contributed by atoms with van der Waals surface area (Å²) in [6, 6.07) is 11.7. The molecule has 0 bridgehead atoms. The molecule has 3 aromatic carbocycles. The number of halogens is 6. The summed E-state index contributed by atoms with van der Waals surface area (Å²) in [7, 11) is 3.43. The van der Waals surface area contributed by atoms with Gasteiger partial charge in [0.15, 0.2) is 0 Å². The van der Waals surface area contributed by atoms with Crippen LogP contribution in [0.4, 0.5) is 37.9 Å². The molecule has 230 valence electrons. The van der Waals surface area contributed by atoms with Crippen molar-refractivity contribution in [1.29, 1.82) is 0 Å². The second-order valence-electron chi connectivity index (χ2n) is 8.10. The molecule has 0 unspecified atom stereocenters. The van der Waals surface area contributed by atoms with Crippen LogP contribution in [0.25, 0.3) is 0 Å². The highest BCUT2D eigenvalue weighted by molar-refractivity contribution is 6.10. The van der Waals surface area contributed by atoms with E-state index in [0.29, 0.717) is 31.9 Å². The molecule has 13 heteroatoms. The summed E-state index contributed by atoms with van der Waals surface area (Å²) in [4.78, 5) is 40.0. The number of carbonyl (C=O) groups excluding carboxylic acids is 3. The highest BCUT2D eigenvalue weighted by atomic mass is 19.4. The molecule has 0 radical (unpaired) electrons. The Balaban J connectivity index is 0.00000263. The number of alkyl halides is 4. The van der Waals surface area contributed by atoms with E-state index in [1.54, 1.807) is 42.5 Å². The molecule has 0 aromatic heterocycles. The molecule has 42 heavy (non-hydrogen) atoms. The van der Waals surface area contributed by atoms with Gasteiger partial charge in [-0.25, -0.2) is 0 Å². The lowest BCUT2D eigenvalue weighted by Gasteiger charge is -2.25. The van der Waals surface area contributed by atoms with Crippen molar-refractivity contribution in [2.45, 2.75) is 19.9 Å². The van der Waals surface area contributed by atoms with Gasteiger partial charge >= 0.3 is 6.05 Å². The normalized spacial score (nSPS) is 10.1. The van der Waals surface area contributed by atoms with Gasteiger partial charge in [0, 0.05) is 42.2 Å². The van der Waals surface area contributed by atoms with Crippen LogP contribution in [0.5, 0.6) is 0 Å². The van der Waals surface area contributed by atoms with Gasteiger partial charge in [0.1, 0.15) is 6.29 Å². The molecular weight excluding hydrogens is 568 g/mol. The fraction of sp³-hybridized carbons (Fsp3) is 0.276. The maximum Gasteiger partial charge on any atom is 0.384 e. The third-order valence-electron chi connectivity index (χ3n) is 5.62. The van der Waals surface area contributed by atoms with E-state index in [1.165, 1.54) is 42.8 Å². The molecule has 3 rings (SSSR count). The minimum absolute atomic E-state index is 0.165. The summed E-state index contributed by atoms with van der Waals surface area (Å²) in [5, 5.41) is 4.84. The molecule has 0 atom stereocenters. The van der Waals surface area contributed by atoms with Crippen LogP contribution in [0.1, 0.15) is 37.4 Å². The first-order valence-electron chi connectivity index (χ1n) is 12.0. The van der Waals surface area contributed by atoms with E-state index in [4.69, 9.17) is 5.11 Å². The van der Waals surface area contributed by atoms with Gasteiger partial charge in [-0.2, -0.15) is 8.78 Å². The van der Waals surface area contributed by atoms with Gasteiger partial charge in [-0.1, -0.05) is 33.2 Å². The molecule has 0 saturated heterocycles. The van der Waals surface area contributed by atoms with Gasteiger partial charge in [0.05, 0.1) is 26.2 Å². The quantitative estimate of drug-likeness (QED) is 0.141. The molecule has 0 heterocycles. The van der Waals surface area contributed by atoms with Crippen molar-refractivity contribution >= 4 is 29.5 Å². The summed E-state index contributed by atoms with van der Waals surface area (Å²) in [6.45, 7) is 2.63. The zero-order chi connectivity index (χ0) is 32.6. The van der Waals surface area contributed by atoms with Gasteiger partial charge in [0.2, 0.25) is 0 Å². The zero-order valence-corrected chi connectivity index (χ0v) is 23.9. The molecule has 0 aliphatic carbocycles. The Morgan fingerprint density at radius 1 is 0.810 bits per heavy atom. The van der Waals surface area contributed by atoms with Crippen molar-refractivity contribution in [3.05, 3.63) is 94.5 Å². The van der Waals surface area contributed by atoms with Crippen LogP contribution in [0.15, 0.2) is 66.7 Å². The highest BCUT2D eigenvalue weighted by Crippen LogP contribution is 2.37. The molecule has 0 saturated carbocycles. The summed E-state index contributed by atoms with van der Waals surface area (Å²) in [5.74, 6) is -0.961. The smallest absolute Gasteiger partial charge is 0.384 e. The number of nitrogens with zero attached hydrogens (tertiary/aromatic N) is 3. The maximum atomic E-state index is 13.8. The van der Waals surface area contributed by atoms with Crippen LogP contribution in [0, 0.1) is 13.8 Å². The number of hydrogen-bond acceptors (Lipinski definition) is 5. The van der Waals surface area contributed by atoms with Crippen LogP contribution in [-0.4, -0.2) is 63.6 Å². The van der Waals surface area contributed by atoms with Gasteiger partial charge in [0.25, 0.3) is 11.8 Å². The fourth-order valence-electron chi connectivity index (χ4n) is 3.97. The van der Waals surface area contributed by atoms with Crippen LogP contribution < -0.4 is 9.80 Å². The predicted molar refractivity (Wildman–Crippen MR) is 149 cm³/mol. The van der Waals surface area contributed by atoms with E-state index >= 15 is 0 Å². The molecule has 2 amide bonds. The second kappa shape index (κ2) is 18.3. The number of benzene rings is 3. The van der Waals surface area contributed by atoms with Gasteiger partial charge in [-0.3, -0.25) is 18.4 Å². The first-order chi connectivity index (χ1) is 20.0. The average Bonchev–Trinajstić information content (AvgIpc) is 3.02. The molecule has 0 aliphatic heterocycles. The summed E-state index contributed by atoms with van der Waals surface area (Å²) < 4.78 is 71.9. The van der Waals surface area contributed by atoms with Crippen molar-refractivity contribution in [1.82, 2.24) is 5.34 Å². The molecule has 0 fully saturated rings. The summed E-state index contributed by atoms with van der Waals surface area (Å²) in [6.07, 6.45) is 0.571. The Morgan fingerprint density at radius 3 is 1.79 bits per heavy atom. The number of aryl methyl sites for hydroxylation is 2. The standard InChI is InChI=1S/C26H23F4N3O3.2CH3F.CH4O/c1-17-14-21(26(27,28)33(29)30)15-18(2)23(17)31(3)24(35)20-10-7-11-22(16-20)32(12-13-34)25(36)19-8-5-4-6-9-19;3*1-2/h4-11,13-16H,12H2,1-3H3;2*1H3;2H,1H3. The monoisotopic (exact) mass is 601 g/mol. The largest absolute Gasteiger partial charge is 0.400 e. The zero-order valence-electron chi connectivity index (χ0n) is 23.9. The molecular formula is C29H33F6N3O4. The lowest BCUT2D eigenvalue weighted by molar-refractivity contribution is -0.340. The lowest BCUT2D eigenvalue weighted by Crippen LogP contribution is -2.33. The van der Waals surface area contributed by atoms with Gasteiger partial charge in [-0.15, -0.1) is 0 Å². The number of anilines is 2.